The molecule has 4 amide bonds. The van der Waals surface area contributed by atoms with Crippen LogP contribution in [-0.2, 0) is 0 Å². The Balaban J connectivity index is 1.72. The zero-order valence-corrected chi connectivity index (χ0v) is 22.3. The van der Waals surface area contributed by atoms with E-state index in [1.807, 2.05) is 13.8 Å². The Bertz CT molecular complexity index is 1540. The van der Waals surface area contributed by atoms with Crippen LogP contribution in [0.25, 0.3) is 10.8 Å². The van der Waals surface area contributed by atoms with Crippen molar-refractivity contribution in [3.8, 4) is 0 Å². The molecule has 0 aromatic heterocycles. The Kier molecular flexibility index (Phi) is 6.76. The highest BCUT2D eigenvalue weighted by molar-refractivity contribution is 6.39. The highest BCUT2D eigenvalue weighted by Gasteiger charge is 2.44. The van der Waals surface area contributed by atoms with E-state index in [-0.39, 0.29) is 56.8 Å². The molecule has 2 aliphatic rings. The van der Waals surface area contributed by atoms with E-state index in [2.05, 4.69) is 0 Å². The standard InChI is InChI=1S/C30H26F4N2O4/c1-5-13(6-2)19-22(31)24(33)26(25(34)23(19)32)36-29(39)17-11-9-15-20-16(10-12-18(21(17)20)30(36)40)28(38)35(27(15)37)14(7-3)8-4/h9-14H,5-8H2,1-4H3. The lowest BCUT2D eigenvalue weighted by Crippen LogP contribution is -2.47. The van der Waals surface area contributed by atoms with E-state index in [4.69, 9.17) is 0 Å². The predicted molar refractivity (Wildman–Crippen MR) is 140 cm³/mol. The third-order valence-electron chi connectivity index (χ3n) is 8.13. The lowest BCUT2D eigenvalue weighted by atomic mass is 9.85. The second kappa shape index (κ2) is 9.83. The maximum Gasteiger partial charge on any atom is 0.266 e. The first-order valence-corrected chi connectivity index (χ1v) is 13.3. The van der Waals surface area contributed by atoms with E-state index >= 15 is 17.6 Å². The molecule has 208 valence electrons. The molecule has 0 bridgehead atoms. The number of benzene rings is 3. The van der Waals surface area contributed by atoms with Crippen LogP contribution >= 0.6 is 0 Å². The largest absolute Gasteiger partial charge is 0.271 e. The van der Waals surface area contributed by atoms with E-state index < -0.39 is 64.1 Å². The second-order valence-electron chi connectivity index (χ2n) is 10.00. The number of hydrogen-bond acceptors (Lipinski definition) is 4. The van der Waals surface area contributed by atoms with Crippen molar-refractivity contribution in [2.24, 2.45) is 0 Å². The molecule has 2 heterocycles. The number of anilines is 1. The minimum absolute atomic E-state index is 0.0254. The zero-order valence-electron chi connectivity index (χ0n) is 22.3. The van der Waals surface area contributed by atoms with Gasteiger partial charge in [-0.1, -0.05) is 27.7 Å². The summed E-state index contributed by atoms with van der Waals surface area (Å²) in [7, 11) is 0. The molecule has 3 aromatic rings. The van der Waals surface area contributed by atoms with Gasteiger partial charge in [-0.3, -0.25) is 24.1 Å². The van der Waals surface area contributed by atoms with Crippen LogP contribution in [0.4, 0.5) is 23.2 Å². The van der Waals surface area contributed by atoms with E-state index in [1.165, 1.54) is 24.3 Å². The quantitative estimate of drug-likeness (QED) is 0.181. The summed E-state index contributed by atoms with van der Waals surface area (Å²) in [6, 6.07) is 4.68. The van der Waals surface area contributed by atoms with Crippen LogP contribution in [0, 0.1) is 23.3 Å². The summed E-state index contributed by atoms with van der Waals surface area (Å²) in [5.41, 5.74) is -2.52. The third kappa shape index (κ3) is 3.54. The van der Waals surface area contributed by atoms with Crippen molar-refractivity contribution in [2.75, 3.05) is 4.90 Å². The minimum Gasteiger partial charge on any atom is -0.271 e. The third-order valence-corrected chi connectivity index (χ3v) is 8.13. The number of rotatable bonds is 7. The number of hydrogen-bond donors (Lipinski definition) is 0. The molecule has 0 radical (unpaired) electrons. The molecule has 10 heteroatoms. The highest BCUT2D eigenvalue weighted by Crippen LogP contribution is 2.42. The van der Waals surface area contributed by atoms with Crippen molar-refractivity contribution >= 4 is 40.1 Å². The first kappa shape index (κ1) is 27.5. The smallest absolute Gasteiger partial charge is 0.266 e. The summed E-state index contributed by atoms with van der Waals surface area (Å²) in [6.07, 6.45) is 1.45. The fourth-order valence-corrected chi connectivity index (χ4v) is 5.97. The first-order chi connectivity index (χ1) is 19.0. The van der Waals surface area contributed by atoms with Crippen LogP contribution in [0.2, 0.25) is 0 Å². The number of nitrogens with zero attached hydrogens (tertiary/aromatic N) is 2. The summed E-state index contributed by atoms with van der Waals surface area (Å²) >= 11 is 0. The van der Waals surface area contributed by atoms with Crippen LogP contribution in [-0.4, -0.2) is 34.6 Å². The molecule has 0 N–H and O–H groups in total. The molecule has 0 unspecified atom stereocenters. The second-order valence-corrected chi connectivity index (χ2v) is 10.00. The Labute approximate surface area is 227 Å². The van der Waals surface area contributed by atoms with Crippen molar-refractivity contribution in [1.82, 2.24) is 4.90 Å². The first-order valence-electron chi connectivity index (χ1n) is 13.3. The van der Waals surface area contributed by atoms with Gasteiger partial charge < -0.3 is 0 Å². The van der Waals surface area contributed by atoms with Gasteiger partial charge in [0, 0.05) is 44.6 Å². The number of carbonyl (C=O) groups excluding carboxylic acids is 4. The van der Waals surface area contributed by atoms with Gasteiger partial charge in [-0.15, -0.1) is 0 Å². The fourth-order valence-electron chi connectivity index (χ4n) is 5.97. The number of carbonyl (C=O) groups is 4. The SMILES string of the molecule is CCC(CC)c1c(F)c(F)c(N2C(=O)c3ccc4c5c(ccc(c35)C2=O)C(=O)N(C(CC)CC)C4=O)c(F)c1F. The normalized spacial score (nSPS) is 14.9. The Morgan fingerprint density at radius 2 is 0.950 bits per heavy atom. The number of imide groups is 2. The average Bonchev–Trinajstić information content (AvgIpc) is 2.95. The molecule has 2 aliphatic heterocycles. The van der Waals surface area contributed by atoms with E-state index in [9.17, 15) is 19.2 Å². The Hall–Kier alpha value is -4.08. The van der Waals surface area contributed by atoms with Gasteiger partial charge in [0.05, 0.1) is 0 Å². The molecule has 0 saturated heterocycles. The topological polar surface area (TPSA) is 74.8 Å². The molecule has 0 aliphatic carbocycles. The highest BCUT2D eigenvalue weighted by atomic mass is 19.2. The average molecular weight is 555 g/mol. The molecule has 0 spiro atoms. The molecule has 0 atom stereocenters. The molecule has 3 aromatic carbocycles. The van der Waals surface area contributed by atoms with Gasteiger partial charge in [-0.05, 0) is 55.9 Å². The minimum atomic E-state index is -1.86. The lowest BCUT2D eigenvalue weighted by molar-refractivity contribution is 0.0529. The fraction of sp³-hybridized carbons (Fsp3) is 0.333. The molecule has 6 nitrogen and oxygen atoms in total. The van der Waals surface area contributed by atoms with Crippen molar-refractivity contribution < 1.29 is 36.7 Å². The van der Waals surface area contributed by atoms with E-state index in [0.29, 0.717) is 12.8 Å². The van der Waals surface area contributed by atoms with Crippen molar-refractivity contribution in [2.45, 2.75) is 65.3 Å². The maximum absolute atomic E-state index is 15.4. The van der Waals surface area contributed by atoms with Gasteiger partial charge >= 0.3 is 0 Å². The predicted octanol–water partition coefficient (Wildman–Crippen LogP) is 6.89. The maximum atomic E-state index is 15.4. The van der Waals surface area contributed by atoms with Gasteiger partial charge in [0.1, 0.15) is 5.69 Å². The van der Waals surface area contributed by atoms with Crippen LogP contribution in [0.5, 0.6) is 0 Å². The van der Waals surface area contributed by atoms with Gasteiger partial charge in [0.2, 0.25) is 0 Å². The van der Waals surface area contributed by atoms with Gasteiger partial charge in [0.15, 0.2) is 23.3 Å². The monoisotopic (exact) mass is 554 g/mol. The molecular weight excluding hydrogens is 528 g/mol. The molecule has 5 rings (SSSR count). The molecule has 40 heavy (non-hydrogen) atoms. The van der Waals surface area contributed by atoms with Gasteiger partial charge in [0.25, 0.3) is 23.6 Å². The van der Waals surface area contributed by atoms with Crippen LogP contribution in [0.1, 0.15) is 106 Å². The van der Waals surface area contributed by atoms with Crippen LogP contribution in [0.15, 0.2) is 24.3 Å². The Morgan fingerprint density at radius 3 is 1.30 bits per heavy atom. The van der Waals surface area contributed by atoms with E-state index in [1.54, 1.807) is 13.8 Å². The summed E-state index contributed by atoms with van der Waals surface area (Å²) in [6.45, 7) is 6.92. The summed E-state index contributed by atoms with van der Waals surface area (Å²) in [5.74, 6) is -11.5. The van der Waals surface area contributed by atoms with Gasteiger partial charge in [-0.2, -0.15) is 0 Å². The van der Waals surface area contributed by atoms with E-state index in [0.717, 1.165) is 4.90 Å². The molecule has 0 saturated carbocycles. The van der Waals surface area contributed by atoms with Crippen LogP contribution in [0.3, 0.4) is 0 Å². The molecule has 0 fully saturated rings. The van der Waals surface area contributed by atoms with Crippen LogP contribution < -0.4 is 4.90 Å². The lowest BCUT2D eigenvalue weighted by Gasteiger charge is -2.35. The number of amides is 4. The zero-order chi connectivity index (χ0) is 29.2. The molecular formula is C30H26F4N2O4. The summed E-state index contributed by atoms with van der Waals surface area (Å²) in [4.78, 5) is 55.2. The number of halogens is 4. The van der Waals surface area contributed by atoms with Crippen molar-refractivity contribution in [3.63, 3.8) is 0 Å². The summed E-state index contributed by atoms with van der Waals surface area (Å²) < 4.78 is 61.1. The van der Waals surface area contributed by atoms with Gasteiger partial charge in [-0.25, -0.2) is 22.5 Å². The van der Waals surface area contributed by atoms with Crippen molar-refractivity contribution in [1.29, 1.82) is 0 Å². The Morgan fingerprint density at radius 1 is 0.575 bits per heavy atom. The van der Waals surface area contributed by atoms with Crippen molar-refractivity contribution in [3.05, 3.63) is 75.4 Å². The summed E-state index contributed by atoms with van der Waals surface area (Å²) in [5, 5.41) is 0.0542.